The summed E-state index contributed by atoms with van der Waals surface area (Å²) in [4.78, 5) is 14.7. The first-order valence-electron chi connectivity index (χ1n) is 9.22. The number of ether oxygens (including phenoxy) is 1. The van der Waals surface area contributed by atoms with Crippen LogP contribution in [0.2, 0.25) is 0 Å². The minimum Gasteiger partial charge on any atom is -0.379 e. The second-order valence-corrected chi connectivity index (χ2v) is 10.1. The monoisotopic (exact) mass is 441 g/mol. The lowest BCUT2D eigenvalue weighted by atomic mass is 10.1. The zero-order chi connectivity index (χ0) is 21.0. The van der Waals surface area contributed by atoms with Crippen LogP contribution in [0.5, 0.6) is 0 Å². The number of nitrogens with zero attached hydrogens (tertiary/aromatic N) is 2. The molecule has 1 aromatic heterocycles. The van der Waals surface area contributed by atoms with Gasteiger partial charge in [0.15, 0.2) is 0 Å². The highest BCUT2D eigenvalue weighted by Crippen LogP contribution is 2.26. The summed E-state index contributed by atoms with van der Waals surface area (Å²) < 4.78 is 45.3. The Labute approximate surface area is 174 Å². The van der Waals surface area contributed by atoms with Crippen molar-refractivity contribution in [2.45, 2.75) is 23.7 Å². The van der Waals surface area contributed by atoms with Crippen molar-refractivity contribution >= 4 is 27.4 Å². The van der Waals surface area contributed by atoms with Crippen molar-refractivity contribution in [1.29, 1.82) is 0 Å². The lowest BCUT2D eigenvalue weighted by molar-refractivity contribution is 0.0731. The Morgan fingerprint density at radius 3 is 2.55 bits per heavy atom. The largest absolute Gasteiger partial charge is 0.379 e. The summed E-state index contributed by atoms with van der Waals surface area (Å²) in [6.07, 6.45) is 0. The van der Waals surface area contributed by atoms with Gasteiger partial charge in [-0.15, -0.1) is 11.3 Å². The molecule has 1 aromatic carbocycles. The molecule has 3 rings (SSSR count). The fourth-order valence-corrected chi connectivity index (χ4v) is 5.79. The Morgan fingerprint density at radius 1 is 1.24 bits per heavy atom. The normalized spacial score (nSPS) is 16.4. The van der Waals surface area contributed by atoms with Gasteiger partial charge in [0.05, 0.1) is 25.8 Å². The molecule has 29 heavy (non-hydrogen) atoms. The molecule has 158 valence electrons. The van der Waals surface area contributed by atoms with E-state index in [1.54, 1.807) is 31.3 Å². The van der Waals surface area contributed by atoms with E-state index in [0.29, 0.717) is 26.3 Å². The van der Waals surface area contributed by atoms with Crippen LogP contribution in [0.25, 0.3) is 0 Å². The molecule has 0 aliphatic carbocycles. The Morgan fingerprint density at radius 2 is 1.90 bits per heavy atom. The molecule has 0 radical (unpaired) electrons. The molecule has 2 aromatic rings. The van der Waals surface area contributed by atoms with E-state index in [-0.39, 0.29) is 28.6 Å². The number of urea groups is 1. The van der Waals surface area contributed by atoms with Crippen LogP contribution in [0.1, 0.15) is 23.4 Å². The first-order valence-corrected chi connectivity index (χ1v) is 11.5. The number of nitrogens with one attached hydrogen (secondary N) is 1. The third-order valence-electron chi connectivity index (χ3n) is 4.87. The summed E-state index contributed by atoms with van der Waals surface area (Å²) in [6.45, 7) is 3.56. The molecule has 1 aliphatic heterocycles. The van der Waals surface area contributed by atoms with Crippen molar-refractivity contribution in [3.05, 3.63) is 52.7 Å². The fraction of sp³-hybridized carbons (Fsp3) is 0.421. The Balaban J connectivity index is 1.58. The quantitative estimate of drug-likeness (QED) is 0.748. The van der Waals surface area contributed by atoms with E-state index in [1.807, 2.05) is 6.92 Å². The van der Waals surface area contributed by atoms with Crippen LogP contribution >= 0.6 is 11.3 Å². The summed E-state index contributed by atoms with van der Waals surface area (Å²) in [7, 11) is -1.87. The molecule has 1 fully saturated rings. The number of morpholine rings is 1. The smallest absolute Gasteiger partial charge is 0.317 e. The minimum absolute atomic E-state index is 0.225. The number of halogens is 1. The number of hydrogen-bond donors (Lipinski definition) is 1. The molecule has 1 aliphatic rings. The van der Waals surface area contributed by atoms with Crippen LogP contribution < -0.4 is 5.32 Å². The van der Waals surface area contributed by atoms with Crippen molar-refractivity contribution in [1.82, 2.24) is 14.5 Å². The number of sulfonamides is 1. The van der Waals surface area contributed by atoms with E-state index in [0.717, 1.165) is 21.8 Å². The first kappa shape index (κ1) is 21.7. The number of amides is 2. The lowest BCUT2D eigenvalue weighted by Gasteiger charge is -2.25. The molecule has 0 unspecified atom stereocenters. The second kappa shape index (κ2) is 9.21. The lowest BCUT2D eigenvalue weighted by Crippen LogP contribution is -2.40. The first-order chi connectivity index (χ1) is 13.8. The number of benzene rings is 1. The summed E-state index contributed by atoms with van der Waals surface area (Å²) in [5, 5.41) is 2.80. The fourth-order valence-electron chi connectivity index (χ4n) is 2.93. The van der Waals surface area contributed by atoms with Gasteiger partial charge in [-0.3, -0.25) is 0 Å². The van der Waals surface area contributed by atoms with Crippen LogP contribution in [-0.4, -0.2) is 57.0 Å². The molecule has 2 heterocycles. The molecule has 1 atom stereocenters. The third-order valence-corrected chi connectivity index (χ3v) is 8.32. The standard InChI is InChI=1S/C19H24FN3O4S2/c1-14(15-3-5-16(20)6-4-15)22(2)19(24)21-13-17-7-8-18(28-17)29(25,26)23-9-11-27-12-10-23/h3-8,14H,9-13H2,1-2H3,(H,21,24)/t14-/m0/s1. The topological polar surface area (TPSA) is 79.0 Å². The molecular weight excluding hydrogens is 417 g/mol. The molecule has 0 spiro atoms. The predicted octanol–water partition coefficient (Wildman–Crippen LogP) is 2.81. The minimum atomic E-state index is -3.53. The maximum Gasteiger partial charge on any atom is 0.317 e. The Kier molecular flexibility index (Phi) is 6.89. The maximum atomic E-state index is 13.1. The van der Waals surface area contributed by atoms with Gasteiger partial charge in [0.1, 0.15) is 10.0 Å². The van der Waals surface area contributed by atoms with E-state index in [1.165, 1.54) is 21.3 Å². The van der Waals surface area contributed by atoms with Gasteiger partial charge in [-0.1, -0.05) is 12.1 Å². The highest BCUT2D eigenvalue weighted by Gasteiger charge is 2.27. The molecule has 0 saturated carbocycles. The van der Waals surface area contributed by atoms with Gasteiger partial charge in [-0.25, -0.2) is 17.6 Å². The van der Waals surface area contributed by atoms with Crippen molar-refractivity contribution < 1.29 is 22.3 Å². The van der Waals surface area contributed by atoms with Crippen LogP contribution in [0.15, 0.2) is 40.6 Å². The van der Waals surface area contributed by atoms with Gasteiger partial charge in [-0.05, 0) is 36.8 Å². The number of hydrogen-bond acceptors (Lipinski definition) is 5. The van der Waals surface area contributed by atoms with Gasteiger partial charge in [0.2, 0.25) is 0 Å². The van der Waals surface area contributed by atoms with Crippen molar-refractivity contribution in [2.24, 2.45) is 0 Å². The van der Waals surface area contributed by atoms with E-state index in [4.69, 9.17) is 4.74 Å². The number of rotatable bonds is 6. The van der Waals surface area contributed by atoms with Crippen molar-refractivity contribution in [3.63, 3.8) is 0 Å². The zero-order valence-corrected chi connectivity index (χ0v) is 17.9. The van der Waals surface area contributed by atoms with Crippen molar-refractivity contribution in [2.75, 3.05) is 33.4 Å². The molecular formula is C19H24FN3O4S2. The van der Waals surface area contributed by atoms with Gasteiger partial charge >= 0.3 is 6.03 Å². The maximum absolute atomic E-state index is 13.1. The average Bonchev–Trinajstić information content (AvgIpc) is 3.22. The third kappa shape index (κ3) is 5.13. The molecule has 0 bridgehead atoms. The molecule has 1 N–H and O–H groups in total. The van der Waals surface area contributed by atoms with E-state index in [2.05, 4.69) is 5.32 Å². The van der Waals surface area contributed by atoms with Gasteiger partial charge in [0, 0.05) is 25.0 Å². The number of thiophene rings is 1. The molecule has 1 saturated heterocycles. The average molecular weight is 442 g/mol. The van der Waals surface area contributed by atoms with E-state index >= 15 is 0 Å². The van der Waals surface area contributed by atoms with Crippen LogP contribution in [-0.2, 0) is 21.3 Å². The number of carbonyl (C=O) groups is 1. The van der Waals surface area contributed by atoms with Crippen LogP contribution in [0.3, 0.4) is 0 Å². The summed E-state index contributed by atoms with van der Waals surface area (Å²) >= 11 is 1.15. The highest BCUT2D eigenvalue weighted by molar-refractivity contribution is 7.91. The predicted molar refractivity (Wildman–Crippen MR) is 109 cm³/mol. The van der Waals surface area contributed by atoms with Gasteiger partial charge in [0.25, 0.3) is 10.0 Å². The second-order valence-electron chi connectivity index (χ2n) is 6.73. The van der Waals surface area contributed by atoms with Crippen LogP contribution in [0.4, 0.5) is 9.18 Å². The van der Waals surface area contributed by atoms with Crippen molar-refractivity contribution in [3.8, 4) is 0 Å². The Bertz CT molecular complexity index is 941. The zero-order valence-electron chi connectivity index (χ0n) is 16.3. The Hall–Kier alpha value is -2.01. The molecule has 2 amide bonds. The highest BCUT2D eigenvalue weighted by atomic mass is 32.2. The van der Waals surface area contributed by atoms with E-state index < -0.39 is 10.0 Å². The number of carbonyl (C=O) groups excluding carboxylic acids is 1. The SMILES string of the molecule is C[C@@H](c1ccc(F)cc1)N(C)C(=O)NCc1ccc(S(=O)(=O)N2CCOCC2)s1. The van der Waals surface area contributed by atoms with E-state index in [9.17, 15) is 17.6 Å². The summed E-state index contributed by atoms with van der Waals surface area (Å²) in [6, 6.07) is 8.75. The summed E-state index contributed by atoms with van der Waals surface area (Å²) in [5.74, 6) is -0.325. The molecule has 10 heteroatoms. The summed E-state index contributed by atoms with van der Waals surface area (Å²) in [5.41, 5.74) is 0.819. The molecule has 7 nitrogen and oxygen atoms in total. The van der Waals surface area contributed by atoms with Crippen LogP contribution in [0, 0.1) is 5.82 Å². The van der Waals surface area contributed by atoms with Gasteiger partial charge in [-0.2, -0.15) is 4.31 Å². The van der Waals surface area contributed by atoms with Gasteiger partial charge < -0.3 is 15.0 Å².